The number of nitrogens with zero attached hydrogens (tertiary/aromatic N) is 2. The van der Waals surface area contributed by atoms with E-state index in [0.717, 1.165) is 23.2 Å². The Balaban J connectivity index is 1.53. The predicted molar refractivity (Wildman–Crippen MR) is 96.0 cm³/mol. The van der Waals surface area contributed by atoms with Gasteiger partial charge in [0.1, 0.15) is 11.3 Å². The van der Waals surface area contributed by atoms with Crippen LogP contribution in [-0.4, -0.2) is 47.9 Å². The third kappa shape index (κ3) is 3.95. The Bertz CT molecular complexity index is 735. The van der Waals surface area contributed by atoms with Crippen molar-refractivity contribution in [3.8, 4) is 0 Å². The van der Waals surface area contributed by atoms with E-state index < -0.39 is 0 Å². The largest absolute Gasteiger partial charge is 0.459 e. The number of amides is 3. The normalized spacial score (nSPS) is 17.3. The fraction of sp³-hybridized carbons (Fsp3) is 0.474. The number of carbonyl (C=O) groups excluding carboxylic acids is 2. The van der Waals surface area contributed by atoms with Crippen molar-refractivity contribution in [1.82, 2.24) is 15.1 Å². The van der Waals surface area contributed by atoms with Crippen LogP contribution in [0.2, 0.25) is 0 Å². The van der Waals surface area contributed by atoms with Gasteiger partial charge in [-0.3, -0.25) is 4.79 Å². The number of urea groups is 1. The molecule has 2 aromatic rings. The van der Waals surface area contributed by atoms with Crippen molar-refractivity contribution in [3.63, 3.8) is 0 Å². The zero-order valence-electron chi connectivity index (χ0n) is 15.0. The summed E-state index contributed by atoms with van der Waals surface area (Å²) in [6.07, 6.45) is 0.794. The van der Waals surface area contributed by atoms with E-state index in [4.69, 9.17) is 4.42 Å². The first-order valence-corrected chi connectivity index (χ1v) is 8.72. The molecule has 0 saturated carbocycles. The van der Waals surface area contributed by atoms with Crippen LogP contribution in [0.5, 0.6) is 0 Å². The number of hydrogen-bond donors (Lipinski definition) is 1. The van der Waals surface area contributed by atoms with Crippen LogP contribution < -0.4 is 5.32 Å². The molecule has 3 rings (SSSR count). The average molecular weight is 343 g/mol. The van der Waals surface area contributed by atoms with Gasteiger partial charge in [-0.1, -0.05) is 32.0 Å². The van der Waals surface area contributed by atoms with E-state index in [2.05, 4.69) is 5.32 Å². The Morgan fingerprint density at radius 2 is 2.12 bits per heavy atom. The molecule has 0 spiro atoms. The summed E-state index contributed by atoms with van der Waals surface area (Å²) in [5, 5.41) is 4.04. The molecule has 2 heterocycles. The molecule has 1 aliphatic rings. The second-order valence-electron chi connectivity index (χ2n) is 6.98. The minimum Gasteiger partial charge on any atom is -0.459 e. The lowest BCUT2D eigenvalue weighted by Crippen LogP contribution is -2.44. The zero-order chi connectivity index (χ0) is 18.0. The summed E-state index contributed by atoms with van der Waals surface area (Å²) in [6, 6.07) is 9.60. The van der Waals surface area contributed by atoms with Gasteiger partial charge in [-0.15, -0.1) is 0 Å². The van der Waals surface area contributed by atoms with Crippen molar-refractivity contribution in [3.05, 3.63) is 36.1 Å². The maximum atomic E-state index is 12.4. The van der Waals surface area contributed by atoms with Gasteiger partial charge >= 0.3 is 6.03 Å². The molecule has 25 heavy (non-hydrogen) atoms. The quantitative estimate of drug-likeness (QED) is 0.928. The molecular formula is C19H25N3O3. The first kappa shape index (κ1) is 17.3. The molecule has 1 aromatic carbocycles. The van der Waals surface area contributed by atoms with Crippen molar-refractivity contribution in [2.45, 2.75) is 32.9 Å². The monoisotopic (exact) mass is 343 g/mol. The van der Waals surface area contributed by atoms with E-state index in [1.807, 2.05) is 49.1 Å². The van der Waals surface area contributed by atoms with Gasteiger partial charge in [0, 0.05) is 37.5 Å². The van der Waals surface area contributed by atoms with Crippen LogP contribution in [0.4, 0.5) is 4.79 Å². The van der Waals surface area contributed by atoms with E-state index in [1.54, 1.807) is 11.9 Å². The van der Waals surface area contributed by atoms with E-state index in [1.165, 1.54) is 0 Å². The van der Waals surface area contributed by atoms with Crippen LogP contribution in [0.1, 0.15) is 26.0 Å². The molecule has 1 aromatic heterocycles. The molecule has 1 N–H and O–H groups in total. The Morgan fingerprint density at radius 1 is 1.36 bits per heavy atom. The van der Waals surface area contributed by atoms with Crippen molar-refractivity contribution >= 4 is 22.9 Å². The Labute approximate surface area is 147 Å². The maximum Gasteiger partial charge on any atom is 0.317 e. The molecule has 0 radical (unpaired) electrons. The van der Waals surface area contributed by atoms with Crippen LogP contribution >= 0.6 is 0 Å². The van der Waals surface area contributed by atoms with Crippen LogP contribution in [0.25, 0.3) is 11.0 Å². The summed E-state index contributed by atoms with van der Waals surface area (Å²) in [7, 11) is 1.74. The fourth-order valence-electron chi connectivity index (χ4n) is 3.15. The smallest absolute Gasteiger partial charge is 0.317 e. The molecule has 1 unspecified atom stereocenters. The van der Waals surface area contributed by atoms with Gasteiger partial charge in [0.2, 0.25) is 5.91 Å². The molecule has 3 amide bonds. The van der Waals surface area contributed by atoms with E-state index in [9.17, 15) is 9.59 Å². The Hall–Kier alpha value is -2.50. The highest BCUT2D eigenvalue weighted by atomic mass is 16.3. The fourth-order valence-corrected chi connectivity index (χ4v) is 3.15. The van der Waals surface area contributed by atoms with Gasteiger partial charge < -0.3 is 19.5 Å². The number of nitrogens with one attached hydrogen (secondary N) is 1. The van der Waals surface area contributed by atoms with E-state index >= 15 is 0 Å². The van der Waals surface area contributed by atoms with Crippen LogP contribution in [0.3, 0.4) is 0 Å². The summed E-state index contributed by atoms with van der Waals surface area (Å²) in [6.45, 7) is 5.49. The standard InChI is InChI=1S/C19H25N3O3/c1-13(2)18(23)22-9-8-15(11-22)20-19(24)21(3)12-16-10-14-6-4-5-7-17(14)25-16/h4-7,10,13,15H,8-9,11-12H2,1-3H3,(H,20,24). The minimum absolute atomic E-state index is 0.00771. The maximum absolute atomic E-state index is 12.4. The number of hydrogen-bond acceptors (Lipinski definition) is 3. The SMILES string of the molecule is CC(C)C(=O)N1CCC(NC(=O)N(C)Cc2cc3ccccc3o2)C1. The summed E-state index contributed by atoms with van der Waals surface area (Å²) < 4.78 is 5.76. The summed E-state index contributed by atoms with van der Waals surface area (Å²) in [4.78, 5) is 27.9. The molecule has 6 nitrogen and oxygen atoms in total. The predicted octanol–water partition coefficient (Wildman–Crippen LogP) is 2.83. The number of fused-ring (bicyclic) bond motifs is 1. The van der Waals surface area contributed by atoms with Gasteiger partial charge in [0.05, 0.1) is 6.54 Å². The lowest BCUT2D eigenvalue weighted by atomic mass is 10.2. The number of benzene rings is 1. The first-order valence-electron chi connectivity index (χ1n) is 8.72. The van der Waals surface area contributed by atoms with Gasteiger partial charge in [0.15, 0.2) is 0 Å². The highest BCUT2D eigenvalue weighted by molar-refractivity contribution is 5.79. The minimum atomic E-state index is -0.149. The molecule has 1 aliphatic heterocycles. The average Bonchev–Trinajstić information content (AvgIpc) is 3.19. The number of likely N-dealkylation sites (tertiary alicyclic amines) is 1. The van der Waals surface area contributed by atoms with Crippen molar-refractivity contribution < 1.29 is 14.0 Å². The summed E-state index contributed by atoms with van der Waals surface area (Å²) in [5.41, 5.74) is 0.824. The molecule has 0 bridgehead atoms. The highest BCUT2D eigenvalue weighted by Gasteiger charge is 2.29. The van der Waals surface area contributed by atoms with Crippen molar-refractivity contribution in [2.75, 3.05) is 20.1 Å². The lowest BCUT2D eigenvalue weighted by Gasteiger charge is -2.21. The van der Waals surface area contributed by atoms with E-state index in [0.29, 0.717) is 19.6 Å². The van der Waals surface area contributed by atoms with Crippen molar-refractivity contribution in [1.29, 1.82) is 0 Å². The second-order valence-corrected chi connectivity index (χ2v) is 6.98. The van der Waals surface area contributed by atoms with Gasteiger partial charge in [-0.2, -0.15) is 0 Å². The van der Waals surface area contributed by atoms with Gasteiger partial charge in [0.25, 0.3) is 0 Å². The topological polar surface area (TPSA) is 65.8 Å². The molecule has 1 fully saturated rings. The molecule has 1 atom stereocenters. The number of para-hydroxylation sites is 1. The molecular weight excluding hydrogens is 318 g/mol. The summed E-state index contributed by atoms with van der Waals surface area (Å²) in [5.74, 6) is 0.888. The number of carbonyl (C=O) groups is 2. The summed E-state index contributed by atoms with van der Waals surface area (Å²) >= 11 is 0. The number of rotatable bonds is 4. The van der Waals surface area contributed by atoms with Gasteiger partial charge in [-0.25, -0.2) is 4.79 Å². The van der Waals surface area contributed by atoms with Crippen molar-refractivity contribution in [2.24, 2.45) is 5.92 Å². The second kappa shape index (κ2) is 7.17. The first-order chi connectivity index (χ1) is 11.9. The zero-order valence-corrected chi connectivity index (χ0v) is 15.0. The Kier molecular flexibility index (Phi) is 4.97. The van der Waals surface area contributed by atoms with Gasteiger partial charge in [-0.05, 0) is 18.6 Å². The van der Waals surface area contributed by atoms with Crippen LogP contribution in [-0.2, 0) is 11.3 Å². The van der Waals surface area contributed by atoms with Crippen LogP contribution in [0, 0.1) is 5.92 Å². The molecule has 0 aliphatic carbocycles. The molecule has 134 valence electrons. The molecule has 1 saturated heterocycles. The number of furan rings is 1. The Morgan fingerprint density at radius 3 is 2.84 bits per heavy atom. The third-order valence-electron chi connectivity index (χ3n) is 4.54. The van der Waals surface area contributed by atoms with E-state index in [-0.39, 0.29) is 23.9 Å². The highest BCUT2D eigenvalue weighted by Crippen LogP contribution is 2.20. The van der Waals surface area contributed by atoms with Crippen LogP contribution in [0.15, 0.2) is 34.7 Å². The lowest BCUT2D eigenvalue weighted by molar-refractivity contribution is -0.133. The molecule has 6 heteroatoms. The third-order valence-corrected chi connectivity index (χ3v) is 4.54.